The third-order valence-corrected chi connectivity index (χ3v) is 5.60. The number of amides is 3. The standard InChI is InChI=1S/C25H40N4O6/c1-13(2)11-18(27-23(32)20(26)14(3)4)22(31)29-21(15(5)6)24(33)28-19(25(34)35)12-16-7-9-17(30)10-8-16/h7-10,13-15,18-21,30H,11-12,26H2,1-6H3,(H,27,32)(H,28,33)(H,29,31)(H,34,35). The van der Waals surface area contributed by atoms with E-state index in [9.17, 15) is 29.4 Å². The van der Waals surface area contributed by atoms with Crippen LogP contribution in [0.25, 0.3) is 0 Å². The first-order valence-corrected chi connectivity index (χ1v) is 11.9. The maximum atomic E-state index is 13.1. The number of nitrogens with one attached hydrogen (secondary N) is 3. The van der Waals surface area contributed by atoms with Crippen molar-refractivity contribution in [1.29, 1.82) is 0 Å². The smallest absolute Gasteiger partial charge is 0.326 e. The maximum Gasteiger partial charge on any atom is 0.326 e. The van der Waals surface area contributed by atoms with Crippen molar-refractivity contribution in [2.45, 2.75) is 78.6 Å². The number of aromatic hydroxyl groups is 1. The number of phenolic OH excluding ortho intramolecular Hbond substituents is 1. The predicted molar refractivity (Wildman–Crippen MR) is 132 cm³/mol. The van der Waals surface area contributed by atoms with Gasteiger partial charge in [0, 0.05) is 6.42 Å². The molecule has 0 bridgehead atoms. The van der Waals surface area contributed by atoms with Crippen LogP contribution in [-0.2, 0) is 25.6 Å². The number of carbonyl (C=O) groups excluding carboxylic acids is 3. The van der Waals surface area contributed by atoms with Gasteiger partial charge in [-0.2, -0.15) is 0 Å². The van der Waals surface area contributed by atoms with Crippen LogP contribution in [0.2, 0.25) is 0 Å². The van der Waals surface area contributed by atoms with Crippen molar-refractivity contribution in [3.05, 3.63) is 29.8 Å². The van der Waals surface area contributed by atoms with Crippen LogP contribution in [0.5, 0.6) is 5.75 Å². The molecule has 196 valence electrons. The second-order valence-corrected chi connectivity index (χ2v) is 9.96. The predicted octanol–water partition coefficient (Wildman–Crippen LogP) is 1.16. The Morgan fingerprint density at radius 2 is 1.34 bits per heavy atom. The zero-order chi connectivity index (χ0) is 26.9. The van der Waals surface area contributed by atoms with Gasteiger partial charge in [-0.05, 0) is 41.9 Å². The summed E-state index contributed by atoms with van der Waals surface area (Å²) >= 11 is 0. The van der Waals surface area contributed by atoms with Gasteiger partial charge in [0.25, 0.3) is 0 Å². The average Bonchev–Trinajstić information content (AvgIpc) is 2.76. The SMILES string of the molecule is CC(C)CC(NC(=O)C(N)C(C)C)C(=O)NC(C(=O)NC(Cc1ccc(O)cc1)C(=O)O)C(C)C. The lowest BCUT2D eigenvalue weighted by atomic mass is 9.98. The summed E-state index contributed by atoms with van der Waals surface area (Å²) < 4.78 is 0. The van der Waals surface area contributed by atoms with Gasteiger partial charge in [0.1, 0.15) is 23.9 Å². The van der Waals surface area contributed by atoms with Crippen LogP contribution >= 0.6 is 0 Å². The lowest BCUT2D eigenvalue weighted by molar-refractivity contribution is -0.142. The number of aliphatic carboxylic acids is 1. The molecule has 0 radical (unpaired) electrons. The van der Waals surface area contributed by atoms with Crippen molar-refractivity contribution < 1.29 is 29.4 Å². The summed E-state index contributed by atoms with van der Waals surface area (Å²) in [4.78, 5) is 50.3. The third kappa shape index (κ3) is 9.94. The molecule has 3 amide bonds. The van der Waals surface area contributed by atoms with E-state index in [4.69, 9.17) is 5.73 Å². The Hall–Kier alpha value is -3.14. The molecule has 0 saturated heterocycles. The molecule has 4 atom stereocenters. The van der Waals surface area contributed by atoms with E-state index in [1.54, 1.807) is 39.8 Å². The summed E-state index contributed by atoms with van der Waals surface area (Å²) in [6.45, 7) is 10.9. The molecular weight excluding hydrogens is 452 g/mol. The number of rotatable bonds is 13. The van der Waals surface area contributed by atoms with Gasteiger partial charge in [-0.3, -0.25) is 14.4 Å². The van der Waals surface area contributed by atoms with Crippen molar-refractivity contribution in [3.8, 4) is 5.75 Å². The van der Waals surface area contributed by atoms with Gasteiger partial charge >= 0.3 is 5.97 Å². The highest BCUT2D eigenvalue weighted by Crippen LogP contribution is 2.13. The minimum absolute atomic E-state index is 0.000757. The normalized spacial score (nSPS) is 14.8. The van der Waals surface area contributed by atoms with Crippen molar-refractivity contribution in [1.82, 2.24) is 16.0 Å². The van der Waals surface area contributed by atoms with Crippen molar-refractivity contribution >= 4 is 23.7 Å². The summed E-state index contributed by atoms with van der Waals surface area (Å²) in [7, 11) is 0. The summed E-state index contributed by atoms with van der Waals surface area (Å²) in [5.41, 5.74) is 6.53. The monoisotopic (exact) mass is 492 g/mol. The Morgan fingerprint density at radius 1 is 0.800 bits per heavy atom. The Labute approximate surface area is 207 Å². The van der Waals surface area contributed by atoms with Crippen LogP contribution in [0.15, 0.2) is 24.3 Å². The van der Waals surface area contributed by atoms with E-state index in [2.05, 4.69) is 16.0 Å². The molecule has 0 fully saturated rings. The van der Waals surface area contributed by atoms with Gasteiger partial charge in [0.15, 0.2) is 0 Å². The molecule has 0 aliphatic rings. The van der Waals surface area contributed by atoms with E-state index in [0.717, 1.165) is 0 Å². The van der Waals surface area contributed by atoms with E-state index < -0.39 is 47.9 Å². The first-order valence-electron chi connectivity index (χ1n) is 11.9. The number of hydrogen-bond acceptors (Lipinski definition) is 6. The molecule has 0 aliphatic carbocycles. The van der Waals surface area contributed by atoms with E-state index in [1.165, 1.54) is 12.1 Å². The molecule has 0 aliphatic heterocycles. The molecule has 0 spiro atoms. The van der Waals surface area contributed by atoms with Gasteiger partial charge in [-0.15, -0.1) is 0 Å². The van der Waals surface area contributed by atoms with E-state index in [0.29, 0.717) is 12.0 Å². The Kier molecular flexibility index (Phi) is 11.7. The number of carbonyl (C=O) groups is 4. The number of carboxylic acid groups (broad SMARTS) is 1. The number of phenols is 1. The van der Waals surface area contributed by atoms with Crippen molar-refractivity contribution in [3.63, 3.8) is 0 Å². The van der Waals surface area contributed by atoms with Crippen LogP contribution in [0.3, 0.4) is 0 Å². The van der Waals surface area contributed by atoms with E-state index in [1.807, 2.05) is 13.8 Å². The quantitative estimate of drug-likeness (QED) is 0.240. The molecule has 1 aromatic carbocycles. The zero-order valence-electron chi connectivity index (χ0n) is 21.4. The molecule has 10 heteroatoms. The molecule has 10 nitrogen and oxygen atoms in total. The van der Waals surface area contributed by atoms with Crippen LogP contribution in [0.1, 0.15) is 53.5 Å². The fraction of sp³-hybridized carbons (Fsp3) is 0.600. The van der Waals surface area contributed by atoms with Gasteiger partial charge in [-0.25, -0.2) is 4.79 Å². The van der Waals surface area contributed by atoms with Gasteiger partial charge in [0.05, 0.1) is 6.04 Å². The fourth-order valence-electron chi connectivity index (χ4n) is 3.39. The minimum atomic E-state index is -1.24. The largest absolute Gasteiger partial charge is 0.508 e. The molecule has 0 saturated carbocycles. The summed E-state index contributed by atoms with van der Waals surface area (Å²) in [5, 5.41) is 26.9. The topological polar surface area (TPSA) is 171 Å². The summed E-state index contributed by atoms with van der Waals surface area (Å²) in [6.07, 6.45) is 0.340. The lowest BCUT2D eigenvalue weighted by Gasteiger charge is -2.28. The number of nitrogens with two attached hydrogens (primary N) is 1. The molecule has 1 aromatic rings. The van der Waals surface area contributed by atoms with Crippen molar-refractivity contribution in [2.75, 3.05) is 0 Å². The van der Waals surface area contributed by atoms with E-state index in [-0.39, 0.29) is 29.9 Å². The highest BCUT2D eigenvalue weighted by atomic mass is 16.4. The molecule has 7 N–H and O–H groups in total. The third-order valence-electron chi connectivity index (χ3n) is 5.60. The van der Waals surface area contributed by atoms with Crippen LogP contribution in [-0.4, -0.2) is 58.1 Å². The van der Waals surface area contributed by atoms with Gasteiger partial charge in [-0.1, -0.05) is 53.7 Å². The Morgan fingerprint density at radius 3 is 1.80 bits per heavy atom. The van der Waals surface area contributed by atoms with Crippen LogP contribution < -0.4 is 21.7 Å². The molecule has 4 unspecified atom stereocenters. The molecule has 1 rings (SSSR count). The fourth-order valence-corrected chi connectivity index (χ4v) is 3.39. The second kappa shape index (κ2) is 13.7. The van der Waals surface area contributed by atoms with Crippen molar-refractivity contribution in [2.24, 2.45) is 23.5 Å². The zero-order valence-corrected chi connectivity index (χ0v) is 21.4. The first-order chi connectivity index (χ1) is 16.2. The number of benzene rings is 1. The maximum absolute atomic E-state index is 13.1. The summed E-state index contributed by atoms with van der Waals surface area (Å²) in [6, 6.07) is 2.07. The Balaban J connectivity index is 2.98. The molecule has 0 aromatic heterocycles. The number of hydrogen-bond donors (Lipinski definition) is 6. The van der Waals surface area contributed by atoms with Crippen LogP contribution in [0.4, 0.5) is 0 Å². The first kappa shape index (κ1) is 29.9. The molecule has 0 heterocycles. The summed E-state index contributed by atoms with van der Waals surface area (Å²) in [5.74, 6) is -3.21. The van der Waals surface area contributed by atoms with Crippen LogP contribution in [0, 0.1) is 17.8 Å². The molecular formula is C25H40N4O6. The minimum Gasteiger partial charge on any atom is -0.508 e. The number of carboxylic acids is 1. The second-order valence-electron chi connectivity index (χ2n) is 9.96. The highest BCUT2D eigenvalue weighted by Gasteiger charge is 2.32. The highest BCUT2D eigenvalue weighted by molar-refractivity contribution is 5.94. The van der Waals surface area contributed by atoms with E-state index >= 15 is 0 Å². The van der Waals surface area contributed by atoms with Gasteiger partial charge < -0.3 is 31.9 Å². The molecule has 35 heavy (non-hydrogen) atoms. The average molecular weight is 493 g/mol. The van der Waals surface area contributed by atoms with Gasteiger partial charge in [0.2, 0.25) is 17.7 Å². The Bertz CT molecular complexity index is 869. The lowest BCUT2D eigenvalue weighted by Crippen LogP contribution is -2.59.